The predicted octanol–water partition coefficient (Wildman–Crippen LogP) is 2.12. The number of aliphatic carboxylic acids is 1. The fourth-order valence-electron chi connectivity index (χ4n) is 2.03. The number of nitrogens with one attached hydrogen (secondary N) is 1. The number of benzene rings is 1. The van der Waals surface area contributed by atoms with E-state index in [1.165, 1.54) is 6.92 Å². The van der Waals surface area contributed by atoms with Gasteiger partial charge >= 0.3 is 5.97 Å². The highest BCUT2D eigenvalue weighted by Gasteiger charge is 2.15. The minimum Gasteiger partial charge on any atom is -0.480 e. The van der Waals surface area contributed by atoms with E-state index >= 15 is 0 Å². The van der Waals surface area contributed by atoms with Gasteiger partial charge in [-0.2, -0.15) is 0 Å². The Hall–Kier alpha value is -1.88. The molecule has 0 aliphatic rings. The van der Waals surface area contributed by atoms with Crippen molar-refractivity contribution in [1.82, 2.24) is 10.2 Å². The van der Waals surface area contributed by atoms with Crippen molar-refractivity contribution < 1.29 is 14.7 Å². The molecule has 1 amide bonds. The Bertz CT molecular complexity index is 471. The van der Waals surface area contributed by atoms with Gasteiger partial charge in [-0.15, -0.1) is 0 Å². The van der Waals surface area contributed by atoms with Gasteiger partial charge in [0.2, 0.25) is 0 Å². The van der Waals surface area contributed by atoms with E-state index in [2.05, 4.69) is 24.1 Å². The molecule has 1 aromatic carbocycles. The maximum atomic E-state index is 11.9. The molecule has 0 saturated heterocycles. The van der Waals surface area contributed by atoms with Crippen LogP contribution in [0.3, 0.4) is 0 Å². The molecule has 21 heavy (non-hydrogen) atoms. The summed E-state index contributed by atoms with van der Waals surface area (Å²) in [6.07, 6.45) is 1.11. The lowest BCUT2D eigenvalue weighted by molar-refractivity contribution is -0.138. The summed E-state index contributed by atoms with van der Waals surface area (Å²) in [7, 11) is 0. The molecular formula is C16H24N2O3. The molecule has 116 valence electrons. The van der Waals surface area contributed by atoms with E-state index in [1.807, 2.05) is 12.1 Å². The second-order valence-corrected chi connectivity index (χ2v) is 5.10. The fraction of sp³-hybridized carbons (Fsp3) is 0.500. The maximum absolute atomic E-state index is 11.9. The van der Waals surface area contributed by atoms with Gasteiger partial charge in [0.1, 0.15) is 6.04 Å². The molecule has 0 aliphatic carbocycles. The molecule has 0 saturated carbocycles. The first-order valence-electron chi connectivity index (χ1n) is 7.32. The Morgan fingerprint density at radius 1 is 1.24 bits per heavy atom. The highest BCUT2D eigenvalue weighted by molar-refractivity contribution is 5.96. The van der Waals surface area contributed by atoms with Crippen molar-refractivity contribution in [3.63, 3.8) is 0 Å². The molecule has 5 heteroatoms. The van der Waals surface area contributed by atoms with Gasteiger partial charge in [0.25, 0.3) is 5.91 Å². The van der Waals surface area contributed by atoms with Crippen LogP contribution in [-0.4, -0.2) is 41.0 Å². The summed E-state index contributed by atoms with van der Waals surface area (Å²) in [6, 6.07) is 6.41. The van der Waals surface area contributed by atoms with Crippen molar-refractivity contribution >= 4 is 11.9 Å². The minimum absolute atomic E-state index is 0.364. The van der Waals surface area contributed by atoms with Crippen LogP contribution in [0.2, 0.25) is 0 Å². The normalized spacial score (nSPS) is 12.2. The van der Waals surface area contributed by atoms with Crippen molar-refractivity contribution in [3.05, 3.63) is 35.4 Å². The van der Waals surface area contributed by atoms with E-state index < -0.39 is 12.0 Å². The van der Waals surface area contributed by atoms with Crippen LogP contribution in [0.25, 0.3) is 0 Å². The Morgan fingerprint density at radius 2 is 1.86 bits per heavy atom. The summed E-state index contributed by atoms with van der Waals surface area (Å²) in [4.78, 5) is 24.9. The van der Waals surface area contributed by atoms with Gasteiger partial charge in [-0.25, -0.2) is 0 Å². The van der Waals surface area contributed by atoms with Crippen molar-refractivity contribution in [2.45, 2.75) is 39.8 Å². The second-order valence-electron chi connectivity index (χ2n) is 5.10. The third-order valence-electron chi connectivity index (χ3n) is 3.33. The van der Waals surface area contributed by atoms with E-state index in [1.54, 1.807) is 12.1 Å². The molecule has 0 heterocycles. The van der Waals surface area contributed by atoms with Crippen LogP contribution in [0.5, 0.6) is 0 Å². The summed E-state index contributed by atoms with van der Waals surface area (Å²) in [5, 5.41) is 11.2. The number of carbonyl (C=O) groups excluding carboxylic acids is 1. The largest absolute Gasteiger partial charge is 0.480 e. The van der Waals surface area contributed by atoms with Crippen LogP contribution in [-0.2, 0) is 11.3 Å². The number of hydrogen-bond acceptors (Lipinski definition) is 3. The molecule has 0 bridgehead atoms. The highest BCUT2D eigenvalue weighted by Crippen LogP contribution is 2.08. The lowest BCUT2D eigenvalue weighted by Gasteiger charge is -2.19. The fourth-order valence-corrected chi connectivity index (χ4v) is 2.03. The zero-order valence-corrected chi connectivity index (χ0v) is 12.9. The van der Waals surface area contributed by atoms with Crippen LogP contribution in [0.1, 0.15) is 43.1 Å². The number of hydrogen-bond donors (Lipinski definition) is 2. The van der Waals surface area contributed by atoms with Crippen LogP contribution in [0, 0.1) is 0 Å². The number of carbonyl (C=O) groups is 2. The zero-order chi connectivity index (χ0) is 15.8. The quantitative estimate of drug-likeness (QED) is 0.770. The molecule has 2 N–H and O–H groups in total. The molecule has 0 aliphatic heterocycles. The molecule has 0 fully saturated rings. The van der Waals surface area contributed by atoms with E-state index in [9.17, 15) is 9.59 Å². The number of amides is 1. The molecule has 0 aromatic heterocycles. The Morgan fingerprint density at radius 3 is 2.33 bits per heavy atom. The summed E-state index contributed by atoms with van der Waals surface area (Å²) < 4.78 is 0. The zero-order valence-electron chi connectivity index (χ0n) is 12.9. The molecule has 0 unspecified atom stereocenters. The Balaban J connectivity index is 2.65. The van der Waals surface area contributed by atoms with Crippen LogP contribution >= 0.6 is 0 Å². The second kappa shape index (κ2) is 8.42. The standard InChI is InChI=1S/C16H24N2O3/c1-4-10-18(5-2)11-13-6-8-14(9-7-13)15(19)17-12(3)16(20)21/h6-9,12H,4-5,10-11H2,1-3H3,(H,17,19)(H,20,21)/t12-/m0/s1. The Kier molecular flexibility index (Phi) is 6.88. The SMILES string of the molecule is CCCN(CC)Cc1ccc(C(=O)N[C@@H](C)C(=O)O)cc1. The van der Waals surface area contributed by atoms with Gasteiger partial charge in [0.05, 0.1) is 0 Å². The highest BCUT2D eigenvalue weighted by atomic mass is 16.4. The third-order valence-corrected chi connectivity index (χ3v) is 3.33. The van der Waals surface area contributed by atoms with Crippen molar-refractivity contribution in [2.75, 3.05) is 13.1 Å². The molecule has 1 rings (SSSR count). The van der Waals surface area contributed by atoms with Crippen LogP contribution in [0.4, 0.5) is 0 Å². The van der Waals surface area contributed by atoms with E-state index in [0.717, 1.165) is 31.6 Å². The predicted molar refractivity (Wildman–Crippen MR) is 82.2 cm³/mol. The first-order valence-corrected chi connectivity index (χ1v) is 7.32. The van der Waals surface area contributed by atoms with Gasteiger partial charge in [0.15, 0.2) is 0 Å². The molecule has 1 atom stereocenters. The lowest BCUT2D eigenvalue weighted by atomic mass is 10.1. The Labute approximate surface area is 126 Å². The van der Waals surface area contributed by atoms with Gasteiger partial charge in [-0.1, -0.05) is 26.0 Å². The minimum atomic E-state index is -1.04. The molecule has 5 nitrogen and oxygen atoms in total. The topological polar surface area (TPSA) is 69.6 Å². The average Bonchev–Trinajstić information content (AvgIpc) is 2.47. The van der Waals surface area contributed by atoms with Gasteiger partial charge in [-0.05, 0) is 44.1 Å². The number of carboxylic acid groups (broad SMARTS) is 1. The van der Waals surface area contributed by atoms with Crippen LogP contribution in [0.15, 0.2) is 24.3 Å². The smallest absolute Gasteiger partial charge is 0.325 e. The molecule has 0 spiro atoms. The first kappa shape index (κ1) is 17.2. The van der Waals surface area contributed by atoms with Crippen molar-refractivity contribution in [2.24, 2.45) is 0 Å². The summed E-state index contributed by atoms with van der Waals surface area (Å²) in [5.74, 6) is -1.41. The number of rotatable bonds is 8. The summed E-state index contributed by atoms with van der Waals surface area (Å²) in [5.41, 5.74) is 1.62. The first-order chi connectivity index (χ1) is 9.97. The lowest BCUT2D eigenvalue weighted by Crippen LogP contribution is -2.38. The van der Waals surface area contributed by atoms with Crippen molar-refractivity contribution in [3.8, 4) is 0 Å². The molecule has 1 aromatic rings. The van der Waals surface area contributed by atoms with E-state index in [0.29, 0.717) is 5.56 Å². The average molecular weight is 292 g/mol. The number of nitrogens with zero attached hydrogens (tertiary/aromatic N) is 1. The van der Waals surface area contributed by atoms with Gasteiger partial charge in [0, 0.05) is 12.1 Å². The monoisotopic (exact) mass is 292 g/mol. The third kappa shape index (κ3) is 5.55. The summed E-state index contributed by atoms with van der Waals surface area (Å²) in [6.45, 7) is 8.63. The van der Waals surface area contributed by atoms with E-state index in [4.69, 9.17) is 5.11 Å². The van der Waals surface area contributed by atoms with Gasteiger partial charge in [-0.3, -0.25) is 14.5 Å². The molecule has 0 radical (unpaired) electrons. The van der Waals surface area contributed by atoms with Crippen molar-refractivity contribution in [1.29, 1.82) is 0 Å². The molecular weight excluding hydrogens is 268 g/mol. The maximum Gasteiger partial charge on any atom is 0.325 e. The van der Waals surface area contributed by atoms with Gasteiger partial charge < -0.3 is 10.4 Å². The number of carboxylic acids is 1. The summed E-state index contributed by atoms with van der Waals surface area (Å²) >= 11 is 0. The van der Waals surface area contributed by atoms with Crippen LogP contribution < -0.4 is 5.32 Å². The van der Waals surface area contributed by atoms with E-state index in [-0.39, 0.29) is 5.91 Å².